The highest BCUT2D eigenvalue weighted by atomic mass is 16.6. The molecule has 2 heterocycles. The summed E-state index contributed by atoms with van der Waals surface area (Å²) in [7, 11) is 0. The van der Waals surface area contributed by atoms with Crippen LogP contribution in [0.1, 0.15) is 36.3 Å². The standard InChI is InChI=1S/C24H26N2O5/c27-21(28)14-25-13-11-24(22(25)29)10-5-12-26(24)23(30)31-15-20-18-8-3-1-6-16(18)17-7-2-4-9-19(17)20/h1-4,6-9,20,22,29H,5,10-15H2,(H,27,28)/t22?,24-/m0/s1. The summed E-state index contributed by atoms with van der Waals surface area (Å²) in [6.07, 6.45) is 0.532. The zero-order valence-corrected chi connectivity index (χ0v) is 17.2. The lowest BCUT2D eigenvalue weighted by molar-refractivity contribution is -0.141. The lowest BCUT2D eigenvalue weighted by Gasteiger charge is -2.38. The van der Waals surface area contributed by atoms with Gasteiger partial charge < -0.3 is 14.9 Å². The quantitative estimate of drug-likeness (QED) is 0.788. The predicted molar refractivity (Wildman–Crippen MR) is 114 cm³/mol. The number of carboxylic acid groups (broad SMARTS) is 1. The molecule has 0 aromatic heterocycles. The fraction of sp³-hybridized carbons (Fsp3) is 0.417. The predicted octanol–water partition coefficient (Wildman–Crippen LogP) is 2.88. The van der Waals surface area contributed by atoms with E-state index < -0.39 is 23.8 Å². The van der Waals surface area contributed by atoms with Crippen molar-refractivity contribution < 1.29 is 24.5 Å². The van der Waals surface area contributed by atoms with Gasteiger partial charge >= 0.3 is 12.1 Å². The number of aliphatic carboxylic acids is 1. The topological polar surface area (TPSA) is 90.3 Å². The molecule has 2 aliphatic heterocycles. The first-order valence-corrected chi connectivity index (χ1v) is 10.8. The van der Waals surface area contributed by atoms with Crippen molar-refractivity contribution in [2.75, 3.05) is 26.2 Å². The highest BCUT2D eigenvalue weighted by molar-refractivity contribution is 5.79. The van der Waals surface area contributed by atoms with Crippen LogP contribution in [0.2, 0.25) is 0 Å². The lowest BCUT2D eigenvalue weighted by atomic mass is 9.93. The molecule has 31 heavy (non-hydrogen) atoms. The zero-order chi connectivity index (χ0) is 21.6. The van der Waals surface area contributed by atoms with Crippen molar-refractivity contribution in [3.05, 3.63) is 59.7 Å². The van der Waals surface area contributed by atoms with Gasteiger partial charge in [-0.1, -0.05) is 48.5 Å². The van der Waals surface area contributed by atoms with E-state index in [-0.39, 0.29) is 19.1 Å². The van der Waals surface area contributed by atoms with Gasteiger partial charge in [0.2, 0.25) is 0 Å². The van der Waals surface area contributed by atoms with Crippen LogP contribution in [0.4, 0.5) is 4.79 Å². The van der Waals surface area contributed by atoms with Crippen molar-refractivity contribution in [3.63, 3.8) is 0 Å². The maximum absolute atomic E-state index is 13.1. The SMILES string of the molecule is O=C(O)CN1CC[C@@]2(CCCN2C(=O)OCC2c3ccccc3-c3ccccc32)C1O. The highest BCUT2D eigenvalue weighted by Gasteiger charge is 2.55. The van der Waals surface area contributed by atoms with E-state index in [0.717, 1.165) is 17.5 Å². The summed E-state index contributed by atoms with van der Waals surface area (Å²) in [5, 5.41) is 20.0. The number of hydrogen-bond acceptors (Lipinski definition) is 5. The van der Waals surface area contributed by atoms with Crippen molar-refractivity contribution in [2.45, 2.75) is 36.9 Å². The third-order valence-electron chi connectivity index (χ3n) is 7.08. The van der Waals surface area contributed by atoms with Gasteiger partial charge in [0, 0.05) is 19.0 Å². The van der Waals surface area contributed by atoms with E-state index in [0.29, 0.717) is 25.9 Å². The van der Waals surface area contributed by atoms with Crippen LogP contribution >= 0.6 is 0 Å². The van der Waals surface area contributed by atoms with Gasteiger partial charge in [-0.3, -0.25) is 14.6 Å². The number of amides is 1. The number of rotatable bonds is 4. The number of fused-ring (bicyclic) bond motifs is 3. The van der Waals surface area contributed by atoms with Crippen LogP contribution in [-0.4, -0.2) is 70.1 Å². The Morgan fingerprint density at radius 3 is 2.29 bits per heavy atom. The lowest BCUT2D eigenvalue weighted by Crippen LogP contribution is -2.56. The van der Waals surface area contributed by atoms with Crippen molar-refractivity contribution in [1.82, 2.24) is 9.80 Å². The number of carbonyl (C=O) groups excluding carboxylic acids is 1. The largest absolute Gasteiger partial charge is 0.480 e. The van der Waals surface area contributed by atoms with E-state index in [1.165, 1.54) is 16.0 Å². The molecule has 0 bridgehead atoms. The molecule has 7 nitrogen and oxygen atoms in total. The Morgan fingerprint density at radius 1 is 1.00 bits per heavy atom. The van der Waals surface area contributed by atoms with Crippen molar-refractivity contribution in [2.24, 2.45) is 0 Å². The smallest absolute Gasteiger partial charge is 0.410 e. The Hall–Kier alpha value is -2.90. The maximum Gasteiger partial charge on any atom is 0.410 e. The van der Waals surface area contributed by atoms with Crippen LogP contribution in [0.5, 0.6) is 0 Å². The summed E-state index contributed by atoms with van der Waals surface area (Å²) in [6, 6.07) is 16.4. The number of likely N-dealkylation sites (tertiary alicyclic amines) is 2. The number of aliphatic hydroxyl groups is 1. The van der Waals surface area contributed by atoms with E-state index in [9.17, 15) is 14.7 Å². The van der Waals surface area contributed by atoms with Gasteiger partial charge in [0.1, 0.15) is 12.8 Å². The molecule has 5 rings (SSSR count). The summed E-state index contributed by atoms with van der Waals surface area (Å²) in [5.41, 5.74) is 3.89. The summed E-state index contributed by atoms with van der Waals surface area (Å²) in [4.78, 5) is 27.4. The molecular weight excluding hydrogens is 396 g/mol. The summed E-state index contributed by atoms with van der Waals surface area (Å²) < 4.78 is 5.82. The Kier molecular flexibility index (Phi) is 4.95. The second-order valence-electron chi connectivity index (χ2n) is 8.65. The summed E-state index contributed by atoms with van der Waals surface area (Å²) >= 11 is 0. The third kappa shape index (κ3) is 3.20. The average molecular weight is 422 g/mol. The molecule has 7 heteroatoms. The number of ether oxygens (including phenoxy) is 1. The van der Waals surface area contributed by atoms with E-state index in [4.69, 9.17) is 9.84 Å². The molecule has 162 valence electrons. The van der Waals surface area contributed by atoms with Crippen molar-refractivity contribution in [1.29, 1.82) is 0 Å². The van der Waals surface area contributed by atoms with Gasteiger partial charge in [0.05, 0.1) is 12.1 Å². The van der Waals surface area contributed by atoms with Gasteiger partial charge in [0.15, 0.2) is 0 Å². The van der Waals surface area contributed by atoms with E-state index in [2.05, 4.69) is 24.3 Å². The van der Waals surface area contributed by atoms with Gasteiger partial charge in [-0.05, 0) is 41.5 Å². The van der Waals surface area contributed by atoms with Crippen LogP contribution in [-0.2, 0) is 9.53 Å². The monoisotopic (exact) mass is 422 g/mol. The fourth-order valence-corrected chi connectivity index (χ4v) is 5.64. The first-order chi connectivity index (χ1) is 15.0. The Balaban J connectivity index is 1.33. The molecule has 1 amide bonds. The summed E-state index contributed by atoms with van der Waals surface area (Å²) in [5.74, 6) is -1.01. The molecule has 0 radical (unpaired) electrons. The van der Waals surface area contributed by atoms with Gasteiger partial charge in [-0.2, -0.15) is 0 Å². The maximum atomic E-state index is 13.1. The molecule has 1 spiro atoms. The molecule has 2 atom stereocenters. The van der Waals surface area contributed by atoms with Gasteiger partial charge in [-0.25, -0.2) is 4.79 Å². The number of carboxylic acids is 1. The Bertz CT molecular complexity index is 979. The van der Waals surface area contributed by atoms with Crippen LogP contribution in [0, 0.1) is 0 Å². The van der Waals surface area contributed by atoms with Crippen LogP contribution in [0.3, 0.4) is 0 Å². The number of hydrogen-bond donors (Lipinski definition) is 2. The first kappa shape index (κ1) is 20.0. The number of benzene rings is 2. The number of aliphatic hydroxyl groups excluding tert-OH is 1. The van der Waals surface area contributed by atoms with Crippen LogP contribution < -0.4 is 0 Å². The molecule has 3 aliphatic rings. The minimum atomic E-state index is -0.994. The first-order valence-electron chi connectivity index (χ1n) is 10.8. The molecule has 2 N–H and O–H groups in total. The fourth-order valence-electron chi connectivity index (χ4n) is 5.64. The minimum absolute atomic E-state index is 0.0214. The Labute approximate surface area is 180 Å². The van der Waals surface area contributed by atoms with E-state index in [1.54, 1.807) is 4.90 Å². The summed E-state index contributed by atoms with van der Waals surface area (Å²) in [6.45, 7) is 0.949. The molecule has 0 saturated carbocycles. The van der Waals surface area contributed by atoms with Gasteiger partial charge in [0.25, 0.3) is 0 Å². The van der Waals surface area contributed by atoms with E-state index >= 15 is 0 Å². The second kappa shape index (κ2) is 7.66. The Morgan fingerprint density at radius 2 is 1.65 bits per heavy atom. The molecule has 1 aliphatic carbocycles. The normalized spacial score (nSPS) is 25.1. The van der Waals surface area contributed by atoms with Crippen LogP contribution in [0.25, 0.3) is 11.1 Å². The molecular formula is C24H26N2O5. The van der Waals surface area contributed by atoms with Crippen molar-refractivity contribution in [3.8, 4) is 11.1 Å². The molecule has 2 aromatic rings. The second-order valence-corrected chi connectivity index (χ2v) is 8.65. The number of nitrogens with zero attached hydrogens (tertiary/aromatic N) is 2. The van der Waals surface area contributed by atoms with Gasteiger partial charge in [-0.15, -0.1) is 0 Å². The van der Waals surface area contributed by atoms with Crippen molar-refractivity contribution >= 4 is 12.1 Å². The zero-order valence-electron chi connectivity index (χ0n) is 17.2. The highest BCUT2D eigenvalue weighted by Crippen LogP contribution is 2.45. The molecule has 2 fully saturated rings. The minimum Gasteiger partial charge on any atom is -0.480 e. The molecule has 1 unspecified atom stereocenters. The third-order valence-corrected chi connectivity index (χ3v) is 7.08. The van der Waals surface area contributed by atoms with E-state index in [1.807, 2.05) is 24.3 Å². The molecule has 2 aromatic carbocycles. The molecule has 2 saturated heterocycles. The number of carbonyl (C=O) groups is 2. The van der Waals surface area contributed by atoms with Crippen LogP contribution in [0.15, 0.2) is 48.5 Å². The average Bonchev–Trinajstić information content (AvgIpc) is 3.43.